The second kappa shape index (κ2) is 6.76. The summed E-state index contributed by atoms with van der Waals surface area (Å²) < 4.78 is 0. The van der Waals surface area contributed by atoms with Gasteiger partial charge < -0.3 is 10.6 Å². The largest absolute Gasteiger partial charge is 0.352 e. The highest BCUT2D eigenvalue weighted by molar-refractivity contribution is 5.85. The Hall–Kier alpha value is -1.06. The molecule has 1 atom stereocenters. The molecule has 1 amide bonds. The molecule has 2 rings (SSSR count). The normalized spacial score (nSPS) is 18.2. The van der Waals surface area contributed by atoms with Gasteiger partial charge in [-0.05, 0) is 37.9 Å². The molecule has 1 aliphatic rings. The third-order valence-electron chi connectivity index (χ3n) is 3.38. The fourth-order valence-electron chi connectivity index (χ4n) is 2.25. The van der Waals surface area contributed by atoms with Gasteiger partial charge in [0.25, 0.3) is 0 Å². The lowest BCUT2D eigenvalue weighted by Crippen LogP contribution is -2.31. The van der Waals surface area contributed by atoms with Gasteiger partial charge in [-0.25, -0.2) is 0 Å². The van der Waals surface area contributed by atoms with E-state index in [-0.39, 0.29) is 24.2 Å². The van der Waals surface area contributed by atoms with Crippen molar-refractivity contribution in [3.63, 3.8) is 0 Å². The Bertz CT molecular complexity index is 414. The maximum Gasteiger partial charge on any atom is 0.224 e. The van der Waals surface area contributed by atoms with E-state index in [9.17, 15) is 4.79 Å². The zero-order chi connectivity index (χ0) is 12.3. The number of carbonyl (C=O) groups excluding carboxylic acids is 1. The van der Waals surface area contributed by atoms with E-state index in [1.54, 1.807) is 0 Å². The van der Waals surface area contributed by atoms with E-state index in [1.807, 2.05) is 0 Å². The molecule has 1 fully saturated rings. The molecule has 2 N–H and O–H groups in total. The quantitative estimate of drug-likeness (QED) is 0.880. The summed E-state index contributed by atoms with van der Waals surface area (Å²) in [6.45, 7) is 6.59. The average Bonchev–Trinajstić information content (AvgIpc) is 2.81. The van der Waals surface area contributed by atoms with Crippen molar-refractivity contribution in [2.45, 2.75) is 26.8 Å². The topological polar surface area (TPSA) is 41.1 Å². The minimum Gasteiger partial charge on any atom is -0.352 e. The van der Waals surface area contributed by atoms with Crippen LogP contribution in [-0.2, 0) is 11.3 Å². The Balaban J connectivity index is 0.00000162. The van der Waals surface area contributed by atoms with Crippen molar-refractivity contribution in [2.75, 3.05) is 13.1 Å². The van der Waals surface area contributed by atoms with E-state index in [0.717, 1.165) is 19.5 Å². The zero-order valence-electron chi connectivity index (χ0n) is 11.0. The molecule has 1 aliphatic heterocycles. The number of carbonyl (C=O) groups is 1. The van der Waals surface area contributed by atoms with Crippen molar-refractivity contribution in [3.05, 3.63) is 34.9 Å². The lowest BCUT2D eigenvalue weighted by atomic mass is 10.0. The number of hydrogen-bond donors (Lipinski definition) is 2. The summed E-state index contributed by atoms with van der Waals surface area (Å²) in [6, 6.07) is 6.34. The summed E-state index contributed by atoms with van der Waals surface area (Å²) in [4.78, 5) is 11.8. The Labute approximate surface area is 115 Å². The predicted molar refractivity (Wildman–Crippen MR) is 76.0 cm³/mol. The molecule has 1 saturated heterocycles. The first kappa shape index (κ1) is 15.0. The Morgan fingerprint density at radius 1 is 1.44 bits per heavy atom. The van der Waals surface area contributed by atoms with Gasteiger partial charge in [-0.3, -0.25) is 4.79 Å². The van der Waals surface area contributed by atoms with Crippen molar-refractivity contribution in [2.24, 2.45) is 5.92 Å². The van der Waals surface area contributed by atoms with Crippen molar-refractivity contribution < 1.29 is 4.79 Å². The van der Waals surface area contributed by atoms with Crippen LogP contribution in [0.5, 0.6) is 0 Å². The maximum absolute atomic E-state index is 11.8. The molecule has 100 valence electrons. The third-order valence-corrected chi connectivity index (χ3v) is 3.38. The van der Waals surface area contributed by atoms with Gasteiger partial charge in [0.15, 0.2) is 0 Å². The van der Waals surface area contributed by atoms with Gasteiger partial charge >= 0.3 is 0 Å². The van der Waals surface area contributed by atoms with Crippen molar-refractivity contribution >= 4 is 18.3 Å². The molecule has 1 aromatic rings. The Morgan fingerprint density at radius 2 is 2.22 bits per heavy atom. The van der Waals surface area contributed by atoms with Crippen molar-refractivity contribution in [1.82, 2.24) is 10.6 Å². The molecule has 1 unspecified atom stereocenters. The molecular formula is C14H21ClN2O. The number of aryl methyl sites for hydroxylation is 2. The van der Waals surface area contributed by atoms with Crippen LogP contribution in [0.3, 0.4) is 0 Å². The van der Waals surface area contributed by atoms with Crippen LogP contribution in [0.15, 0.2) is 18.2 Å². The first-order valence-corrected chi connectivity index (χ1v) is 6.21. The lowest BCUT2D eigenvalue weighted by Gasteiger charge is -2.11. The number of nitrogens with one attached hydrogen (secondary N) is 2. The highest BCUT2D eigenvalue weighted by atomic mass is 35.5. The molecule has 0 radical (unpaired) electrons. The minimum absolute atomic E-state index is 0. The fraction of sp³-hybridized carbons (Fsp3) is 0.500. The van der Waals surface area contributed by atoms with E-state index in [0.29, 0.717) is 6.54 Å². The summed E-state index contributed by atoms with van der Waals surface area (Å²) in [5, 5.41) is 6.23. The molecule has 0 bridgehead atoms. The monoisotopic (exact) mass is 268 g/mol. The minimum atomic E-state index is 0. The molecule has 0 aliphatic carbocycles. The highest BCUT2D eigenvalue weighted by Crippen LogP contribution is 2.11. The van der Waals surface area contributed by atoms with Crippen molar-refractivity contribution in [3.8, 4) is 0 Å². The van der Waals surface area contributed by atoms with Crippen LogP contribution in [0.2, 0.25) is 0 Å². The van der Waals surface area contributed by atoms with Crippen molar-refractivity contribution in [1.29, 1.82) is 0 Å². The van der Waals surface area contributed by atoms with E-state index in [2.05, 4.69) is 42.7 Å². The fourth-order valence-corrected chi connectivity index (χ4v) is 2.25. The van der Waals surface area contributed by atoms with Gasteiger partial charge in [0.2, 0.25) is 5.91 Å². The molecule has 1 heterocycles. The standard InChI is InChI=1S/C14H20N2O.ClH/c1-10-3-4-12(11(2)7-10)9-16-14(17)13-5-6-15-8-13;/h3-4,7,13,15H,5-6,8-9H2,1-2H3,(H,16,17);1H. The van der Waals surface area contributed by atoms with Crippen LogP contribution in [0.1, 0.15) is 23.1 Å². The number of rotatable bonds is 3. The van der Waals surface area contributed by atoms with Gasteiger partial charge in [0.05, 0.1) is 5.92 Å². The molecule has 0 aromatic heterocycles. The number of amides is 1. The molecule has 0 spiro atoms. The maximum atomic E-state index is 11.8. The van der Waals surface area contributed by atoms with E-state index < -0.39 is 0 Å². The lowest BCUT2D eigenvalue weighted by molar-refractivity contribution is -0.124. The van der Waals surface area contributed by atoms with Gasteiger partial charge in [-0.1, -0.05) is 23.8 Å². The Morgan fingerprint density at radius 3 is 2.83 bits per heavy atom. The number of hydrogen-bond acceptors (Lipinski definition) is 2. The van der Waals surface area contributed by atoms with Gasteiger partial charge in [-0.15, -0.1) is 12.4 Å². The van der Waals surface area contributed by atoms with Gasteiger partial charge in [0, 0.05) is 13.1 Å². The SMILES string of the molecule is Cc1ccc(CNC(=O)C2CCNC2)c(C)c1.Cl. The van der Waals surface area contributed by atoms with Crippen LogP contribution in [0.4, 0.5) is 0 Å². The van der Waals surface area contributed by atoms with Gasteiger partial charge in [-0.2, -0.15) is 0 Å². The first-order valence-electron chi connectivity index (χ1n) is 6.21. The third kappa shape index (κ3) is 3.72. The number of halogens is 1. The molecular weight excluding hydrogens is 248 g/mol. The van der Waals surface area contributed by atoms with E-state index in [4.69, 9.17) is 0 Å². The molecule has 4 heteroatoms. The summed E-state index contributed by atoms with van der Waals surface area (Å²) in [6.07, 6.45) is 0.957. The average molecular weight is 269 g/mol. The second-order valence-electron chi connectivity index (χ2n) is 4.84. The van der Waals surface area contributed by atoms with Crippen LogP contribution in [-0.4, -0.2) is 19.0 Å². The van der Waals surface area contributed by atoms with Crippen LogP contribution < -0.4 is 10.6 Å². The van der Waals surface area contributed by atoms with E-state index in [1.165, 1.54) is 16.7 Å². The first-order chi connectivity index (χ1) is 8.16. The highest BCUT2D eigenvalue weighted by Gasteiger charge is 2.21. The summed E-state index contributed by atoms with van der Waals surface area (Å²) in [5.74, 6) is 0.329. The Kier molecular flexibility index (Phi) is 5.63. The summed E-state index contributed by atoms with van der Waals surface area (Å²) in [5.41, 5.74) is 3.71. The second-order valence-corrected chi connectivity index (χ2v) is 4.84. The molecule has 3 nitrogen and oxygen atoms in total. The zero-order valence-corrected chi connectivity index (χ0v) is 11.8. The van der Waals surface area contributed by atoms with E-state index >= 15 is 0 Å². The van der Waals surface area contributed by atoms with Crippen LogP contribution >= 0.6 is 12.4 Å². The summed E-state index contributed by atoms with van der Waals surface area (Å²) >= 11 is 0. The molecule has 1 aromatic carbocycles. The van der Waals surface area contributed by atoms with Crippen LogP contribution in [0, 0.1) is 19.8 Å². The number of benzene rings is 1. The predicted octanol–water partition coefficient (Wildman–Crippen LogP) is 1.95. The molecule has 0 saturated carbocycles. The molecule has 18 heavy (non-hydrogen) atoms. The summed E-state index contributed by atoms with van der Waals surface area (Å²) in [7, 11) is 0. The van der Waals surface area contributed by atoms with Gasteiger partial charge in [0.1, 0.15) is 0 Å². The smallest absolute Gasteiger partial charge is 0.224 e. The van der Waals surface area contributed by atoms with Crippen LogP contribution in [0.25, 0.3) is 0 Å².